The van der Waals surface area contributed by atoms with Crippen molar-refractivity contribution in [2.24, 2.45) is 0 Å². The van der Waals surface area contributed by atoms with E-state index in [1.54, 1.807) is 0 Å². The molecule has 1 aromatic carbocycles. The highest BCUT2D eigenvalue weighted by atomic mass is 16.1. The summed E-state index contributed by atoms with van der Waals surface area (Å²) in [6, 6.07) is 14.0. The van der Waals surface area contributed by atoms with Gasteiger partial charge in [-0.1, -0.05) is 30.3 Å². The smallest absolute Gasteiger partial charge is 0.230 e. The van der Waals surface area contributed by atoms with Gasteiger partial charge in [0.1, 0.15) is 0 Å². The SMILES string of the molecule is Cc1cccc[n+]1[C@@H]1CCc2ccccc2C1=O. The first-order valence-corrected chi connectivity index (χ1v) is 6.36. The molecule has 2 aromatic rings. The molecule has 0 bridgehead atoms. The van der Waals surface area contributed by atoms with Crippen LogP contribution in [-0.2, 0) is 6.42 Å². The molecule has 2 nitrogen and oxygen atoms in total. The third kappa shape index (κ3) is 1.74. The van der Waals surface area contributed by atoms with Crippen molar-refractivity contribution in [3.8, 4) is 0 Å². The minimum atomic E-state index is -0.0406. The molecule has 0 amide bonds. The van der Waals surface area contributed by atoms with Crippen LogP contribution in [0.1, 0.15) is 34.1 Å². The standard InChI is InChI=1S/C16H16NO/c1-12-6-4-5-11-17(12)15-10-9-13-7-2-3-8-14(13)16(15)18/h2-8,11,15H,9-10H2,1H3/q+1/t15-/m1/s1. The zero-order valence-corrected chi connectivity index (χ0v) is 10.5. The van der Waals surface area contributed by atoms with Crippen molar-refractivity contribution in [1.82, 2.24) is 0 Å². The molecule has 1 aliphatic carbocycles. The molecule has 2 heteroatoms. The topological polar surface area (TPSA) is 20.9 Å². The summed E-state index contributed by atoms with van der Waals surface area (Å²) in [6.07, 6.45) is 3.88. The van der Waals surface area contributed by atoms with Gasteiger partial charge in [-0.3, -0.25) is 4.79 Å². The van der Waals surface area contributed by atoms with Crippen LogP contribution in [-0.4, -0.2) is 5.78 Å². The number of ketones is 1. The van der Waals surface area contributed by atoms with Crippen LogP contribution in [0.3, 0.4) is 0 Å². The predicted molar refractivity (Wildman–Crippen MR) is 69.5 cm³/mol. The van der Waals surface area contributed by atoms with Gasteiger partial charge in [0.05, 0.1) is 0 Å². The van der Waals surface area contributed by atoms with Crippen LogP contribution in [0.4, 0.5) is 0 Å². The van der Waals surface area contributed by atoms with Crippen LogP contribution in [0.25, 0.3) is 0 Å². The maximum atomic E-state index is 12.5. The first kappa shape index (κ1) is 11.1. The molecule has 3 rings (SSSR count). The highest BCUT2D eigenvalue weighted by molar-refractivity contribution is 6.00. The number of hydrogen-bond acceptors (Lipinski definition) is 1. The monoisotopic (exact) mass is 238 g/mol. The van der Waals surface area contributed by atoms with E-state index < -0.39 is 0 Å². The highest BCUT2D eigenvalue weighted by Gasteiger charge is 2.34. The van der Waals surface area contributed by atoms with E-state index in [0.717, 1.165) is 24.1 Å². The number of pyridine rings is 1. The molecule has 0 fully saturated rings. The van der Waals surface area contributed by atoms with E-state index in [9.17, 15) is 4.79 Å². The number of aryl methyl sites for hydroxylation is 2. The van der Waals surface area contributed by atoms with Crippen molar-refractivity contribution < 1.29 is 9.36 Å². The van der Waals surface area contributed by atoms with Gasteiger partial charge in [0, 0.05) is 31.0 Å². The lowest BCUT2D eigenvalue weighted by Crippen LogP contribution is -2.47. The summed E-state index contributed by atoms with van der Waals surface area (Å²) in [5.41, 5.74) is 3.22. The normalized spacial score (nSPS) is 18.5. The summed E-state index contributed by atoms with van der Waals surface area (Å²) in [5.74, 6) is 0.246. The molecule has 0 N–H and O–H groups in total. The van der Waals surface area contributed by atoms with Gasteiger partial charge in [0.15, 0.2) is 11.9 Å². The van der Waals surface area contributed by atoms with E-state index in [1.165, 1.54) is 5.56 Å². The summed E-state index contributed by atoms with van der Waals surface area (Å²) in [7, 11) is 0. The second kappa shape index (κ2) is 4.37. The molecule has 90 valence electrons. The number of carbonyl (C=O) groups is 1. The van der Waals surface area contributed by atoms with E-state index in [-0.39, 0.29) is 11.8 Å². The predicted octanol–water partition coefficient (Wildman–Crippen LogP) is 2.65. The van der Waals surface area contributed by atoms with Gasteiger partial charge >= 0.3 is 0 Å². The number of benzene rings is 1. The average Bonchev–Trinajstić information content (AvgIpc) is 2.41. The summed E-state index contributed by atoms with van der Waals surface area (Å²) < 4.78 is 2.10. The van der Waals surface area contributed by atoms with Gasteiger partial charge in [-0.05, 0) is 12.0 Å². The van der Waals surface area contributed by atoms with Crippen molar-refractivity contribution in [1.29, 1.82) is 0 Å². The van der Waals surface area contributed by atoms with E-state index in [1.807, 2.05) is 49.5 Å². The molecule has 0 unspecified atom stereocenters. The Kier molecular flexibility index (Phi) is 2.71. The summed E-state index contributed by atoms with van der Waals surface area (Å²) in [4.78, 5) is 12.5. The third-order valence-corrected chi connectivity index (χ3v) is 3.71. The summed E-state index contributed by atoms with van der Waals surface area (Å²) in [5, 5.41) is 0. The van der Waals surface area contributed by atoms with Crippen molar-refractivity contribution in [2.75, 3.05) is 0 Å². The quantitative estimate of drug-likeness (QED) is 0.700. The van der Waals surface area contributed by atoms with E-state index in [0.29, 0.717) is 0 Å². The summed E-state index contributed by atoms with van der Waals surface area (Å²) >= 11 is 0. The largest absolute Gasteiger partial charge is 0.287 e. The minimum Gasteiger partial charge on any atom is -0.287 e. The van der Waals surface area contributed by atoms with Crippen molar-refractivity contribution in [2.45, 2.75) is 25.8 Å². The number of rotatable bonds is 1. The van der Waals surface area contributed by atoms with Gasteiger partial charge in [0.2, 0.25) is 11.8 Å². The fourth-order valence-corrected chi connectivity index (χ4v) is 2.74. The van der Waals surface area contributed by atoms with Crippen LogP contribution in [0, 0.1) is 6.92 Å². The highest BCUT2D eigenvalue weighted by Crippen LogP contribution is 2.25. The molecule has 0 aliphatic heterocycles. The molecule has 0 saturated carbocycles. The maximum Gasteiger partial charge on any atom is 0.230 e. The van der Waals surface area contributed by atoms with Crippen molar-refractivity contribution >= 4 is 5.78 Å². The van der Waals surface area contributed by atoms with Gasteiger partial charge in [-0.2, -0.15) is 4.57 Å². The van der Waals surface area contributed by atoms with Crippen molar-refractivity contribution in [3.05, 3.63) is 65.5 Å². The second-order valence-corrected chi connectivity index (χ2v) is 4.83. The lowest BCUT2D eigenvalue weighted by molar-refractivity contribution is -0.714. The summed E-state index contributed by atoms with van der Waals surface area (Å²) in [6.45, 7) is 2.05. The van der Waals surface area contributed by atoms with Gasteiger partial charge < -0.3 is 0 Å². The Labute approximate surface area is 107 Å². The Morgan fingerprint density at radius 1 is 1.11 bits per heavy atom. The van der Waals surface area contributed by atoms with Crippen LogP contribution >= 0.6 is 0 Å². The van der Waals surface area contributed by atoms with Crippen LogP contribution in [0.2, 0.25) is 0 Å². The van der Waals surface area contributed by atoms with Crippen LogP contribution < -0.4 is 4.57 Å². The third-order valence-electron chi connectivity index (χ3n) is 3.71. The molecule has 0 radical (unpaired) electrons. The lowest BCUT2D eigenvalue weighted by Gasteiger charge is -2.20. The number of aromatic nitrogens is 1. The molecule has 1 atom stereocenters. The lowest BCUT2D eigenvalue weighted by atomic mass is 9.87. The van der Waals surface area contributed by atoms with Gasteiger partial charge in [0.25, 0.3) is 0 Å². The van der Waals surface area contributed by atoms with Gasteiger partial charge in [-0.25, -0.2) is 0 Å². The maximum absolute atomic E-state index is 12.5. The zero-order chi connectivity index (χ0) is 12.5. The number of carbonyl (C=O) groups excluding carboxylic acids is 1. The molecule has 1 heterocycles. The Morgan fingerprint density at radius 3 is 2.72 bits per heavy atom. The van der Waals surface area contributed by atoms with Gasteiger partial charge in [-0.15, -0.1) is 0 Å². The first-order chi connectivity index (χ1) is 8.77. The molecule has 1 aromatic heterocycles. The van der Waals surface area contributed by atoms with E-state index >= 15 is 0 Å². The van der Waals surface area contributed by atoms with Crippen LogP contribution in [0.5, 0.6) is 0 Å². The van der Waals surface area contributed by atoms with E-state index in [4.69, 9.17) is 0 Å². The number of nitrogens with zero attached hydrogens (tertiary/aromatic N) is 1. The average molecular weight is 238 g/mol. The fourth-order valence-electron chi connectivity index (χ4n) is 2.74. The minimum absolute atomic E-state index is 0.0406. The fraction of sp³-hybridized carbons (Fsp3) is 0.250. The molecule has 0 spiro atoms. The molecule has 0 saturated heterocycles. The Balaban J connectivity index is 2.03. The molecule has 18 heavy (non-hydrogen) atoms. The number of fused-ring (bicyclic) bond motifs is 1. The second-order valence-electron chi connectivity index (χ2n) is 4.83. The first-order valence-electron chi connectivity index (χ1n) is 6.36. The van der Waals surface area contributed by atoms with Crippen LogP contribution in [0.15, 0.2) is 48.7 Å². The molecular formula is C16H16NO+. The number of hydrogen-bond donors (Lipinski definition) is 0. The molecule has 1 aliphatic rings. The number of Topliss-reactive ketones (excluding diaryl/α,β-unsaturated/α-hetero) is 1. The Hall–Kier alpha value is -1.96. The Morgan fingerprint density at radius 2 is 1.89 bits per heavy atom. The Bertz CT molecular complexity index is 604. The molecular weight excluding hydrogens is 222 g/mol. The zero-order valence-electron chi connectivity index (χ0n) is 10.5. The van der Waals surface area contributed by atoms with E-state index in [2.05, 4.69) is 10.6 Å². The van der Waals surface area contributed by atoms with Crippen molar-refractivity contribution in [3.63, 3.8) is 0 Å².